The van der Waals surface area contributed by atoms with Crippen LogP contribution >= 0.6 is 0 Å². The summed E-state index contributed by atoms with van der Waals surface area (Å²) >= 11 is 0. The Bertz CT molecular complexity index is 638. The van der Waals surface area contributed by atoms with Gasteiger partial charge < -0.3 is 24.5 Å². The maximum Gasteiger partial charge on any atom is 0.369 e. The number of carbonyl (C=O) groups is 1. The van der Waals surface area contributed by atoms with E-state index >= 15 is 0 Å². The minimum Gasteiger partial charge on any atom is -0.493 e. The highest BCUT2D eigenvalue weighted by Crippen LogP contribution is 2.29. The zero-order valence-electron chi connectivity index (χ0n) is 13.8. The van der Waals surface area contributed by atoms with Gasteiger partial charge in [-0.3, -0.25) is 0 Å². The van der Waals surface area contributed by atoms with Crippen molar-refractivity contribution in [2.75, 3.05) is 41.4 Å². The van der Waals surface area contributed by atoms with Gasteiger partial charge in [-0.05, 0) is 32.3 Å². The van der Waals surface area contributed by atoms with E-state index < -0.39 is 5.97 Å². The van der Waals surface area contributed by atoms with Crippen molar-refractivity contribution in [2.24, 2.45) is 5.16 Å². The van der Waals surface area contributed by atoms with Gasteiger partial charge in [0.2, 0.25) is 0 Å². The molecule has 0 radical (unpaired) electrons. The van der Waals surface area contributed by atoms with E-state index in [0.717, 1.165) is 6.54 Å². The summed E-state index contributed by atoms with van der Waals surface area (Å²) < 4.78 is 10.5. The average molecular weight is 319 g/mol. The van der Waals surface area contributed by atoms with Gasteiger partial charge in [-0.1, -0.05) is 5.16 Å². The Hall–Kier alpha value is -2.54. The minimum absolute atomic E-state index is 0.385. The van der Waals surface area contributed by atoms with Gasteiger partial charge in [0, 0.05) is 24.9 Å². The predicted octanol–water partition coefficient (Wildman–Crippen LogP) is 1.000. The third kappa shape index (κ3) is 4.01. The number of benzene rings is 1. The topological polar surface area (TPSA) is 72.4 Å². The van der Waals surface area contributed by atoms with Crippen molar-refractivity contribution in [1.82, 2.24) is 10.2 Å². The van der Waals surface area contributed by atoms with Gasteiger partial charge >= 0.3 is 5.97 Å². The van der Waals surface area contributed by atoms with E-state index in [9.17, 15) is 4.79 Å². The highest BCUT2D eigenvalue weighted by molar-refractivity contribution is 6.28. The van der Waals surface area contributed by atoms with Crippen LogP contribution in [0.5, 0.6) is 11.5 Å². The van der Waals surface area contributed by atoms with Gasteiger partial charge in [0.15, 0.2) is 11.5 Å². The highest BCUT2D eigenvalue weighted by atomic mass is 16.7. The van der Waals surface area contributed by atoms with E-state index in [-0.39, 0.29) is 0 Å². The summed E-state index contributed by atoms with van der Waals surface area (Å²) in [5.41, 5.74) is 1.57. The molecule has 1 aliphatic rings. The molecule has 0 amide bonds. The molecular weight excluding hydrogens is 298 g/mol. The van der Waals surface area contributed by atoms with Crippen LogP contribution in [0, 0.1) is 0 Å². The third-order valence-electron chi connectivity index (χ3n) is 3.30. The van der Waals surface area contributed by atoms with Crippen LogP contribution in [0.25, 0.3) is 0 Å². The Balaban J connectivity index is 2.20. The number of hydrogen-bond donors (Lipinski definition) is 1. The van der Waals surface area contributed by atoms with Crippen molar-refractivity contribution >= 4 is 11.7 Å². The molecule has 1 N–H and O–H groups in total. The van der Waals surface area contributed by atoms with E-state index in [1.807, 2.05) is 19.0 Å². The number of rotatable bonds is 7. The maximum atomic E-state index is 11.9. The first-order chi connectivity index (χ1) is 11.1. The molecule has 0 saturated heterocycles. The van der Waals surface area contributed by atoms with Crippen molar-refractivity contribution in [3.05, 3.63) is 35.5 Å². The van der Waals surface area contributed by atoms with E-state index in [2.05, 4.69) is 10.5 Å². The lowest BCUT2D eigenvalue weighted by molar-refractivity contribution is -0.136. The summed E-state index contributed by atoms with van der Waals surface area (Å²) in [5, 5.41) is 6.96. The molecule has 7 heteroatoms. The lowest BCUT2D eigenvalue weighted by atomic mass is 10.0. The summed E-state index contributed by atoms with van der Waals surface area (Å²) in [6, 6.07) is 5.32. The standard InChI is InChI=1S/C16H21N3O4/c1-19(2)8-7-17-10-12-15(18-23-16(12)20)11-5-6-13(21-3)14(9-11)22-4/h5-6,9-10,17H,7-8H2,1-4H3. The summed E-state index contributed by atoms with van der Waals surface area (Å²) in [5.74, 6) is 0.691. The molecule has 0 unspecified atom stereocenters. The molecule has 23 heavy (non-hydrogen) atoms. The zero-order chi connectivity index (χ0) is 16.8. The Morgan fingerprint density at radius 3 is 2.65 bits per heavy atom. The van der Waals surface area contributed by atoms with Gasteiger partial charge in [-0.25, -0.2) is 4.79 Å². The lowest BCUT2D eigenvalue weighted by Gasteiger charge is -2.10. The normalized spacial score (nSPS) is 15.6. The molecule has 0 aromatic heterocycles. The molecule has 2 rings (SSSR count). The van der Waals surface area contributed by atoms with Gasteiger partial charge in [0.25, 0.3) is 0 Å². The molecular formula is C16H21N3O4. The van der Waals surface area contributed by atoms with Gasteiger partial charge in [0.05, 0.1) is 14.2 Å². The van der Waals surface area contributed by atoms with Crippen LogP contribution in [0.3, 0.4) is 0 Å². The summed E-state index contributed by atoms with van der Waals surface area (Å²) in [6.45, 7) is 1.56. The number of ether oxygens (including phenoxy) is 2. The van der Waals surface area contributed by atoms with Crippen LogP contribution in [0.1, 0.15) is 5.56 Å². The van der Waals surface area contributed by atoms with Crippen LogP contribution in [-0.4, -0.2) is 58.0 Å². The maximum absolute atomic E-state index is 11.9. The van der Waals surface area contributed by atoms with Crippen LogP contribution in [0.15, 0.2) is 35.1 Å². The molecule has 1 aliphatic heterocycles. The smallest absolute Gasteiger partial charge is 0.369 e. The third-order valence-corrected chi connectivity index (χ3v) is 3.30. The first-order valence-corrected chi connectivity index (χ1v) is 7.17. The number of nitrogens with zero attached hydrogens (tertiary/aromatic N) is 2. The fourth-order valence-corrected chi connectivity index (χ4v) is 2.06. The molecule has 1 heterocycles. The quantitative estimate of drug-likeness (QED) is 0.459. The average Bonchev–Trinajstić information content (AvgIpc) is 2.91. The first kappa shape index (κ1) is 16.8. The zero-order valence-corrected chi connectivity index (χ0v) is 13.8. The van der Waals surface area contributed by atoms with E-state index in [1.54, 1.807) is 38.6 Å². The largest absolute Gasteiger partial charge is 0.493 e. The fraction of sp³-hybridized carbons (Fsp3) is 0.375. The molecule has 0 spiro atoms. The van der Waals surface area contributed by atoms with Crippen LogP contribution < -0.4 is 14.8 Å². The number of likely N-dealkylation sites (N-methyl/N-ethyl adjacent to an activating group) is 1. The molecule has 0 bridgehead atoms. The lowest BCUT2D eigenvalue weighted by Crippen LogP contribution is -2.24. The minimum atomic E-state index is -0.480. The SMILES string of the molecule is COc1ccc(C2=NOC(=O)C2=CNCCN(C)C)cc1OC. The van der Waals surface area contributed by atoms with Crippen molar-refractivity contribution in [1.29, 1.82) is 0 Å². The Kier molecular flexibility index (Phi) is 5.59. The second-order valence-electron chi connectivity index (χ2n) is 5.20. The Morgan fingerprint density at radius 1 is 1.26 bits per heavy atom. The number of methoxy groups -OCH3 is 2. The molecule has 7 nitrogen and oxygen atoms in total. The molecule has 0 fully saturated rings. The summed E-state index contributed by atoms with van der Waals surface area (Å²) in [7, 11) is 7.08. The molecule has 0 aliphatic carbocycles. The molecule has 1 aromatic carbocycles. The monoisotopic (exact) mass is 319 g/mol. The Labute approximate surface area is 135 Å². The highest BCUT2D eigenvalue weighted by Gasteiger charge is 2.27. The molecule has 1 aromatic rings. The van der Waals surface area contributed by atoms with Gasteiger partial charge in [0.1, 0.15) is 11.3 Å². The number of oxime groups is 1. The first-order valence-electron chi connectivity index (χ1n) is 7.17. The van der Waals surface area contributed by atoms with Gasteiger partial charge in [-0.15, -0.1) is 0 Å². The van der Waals surface area contributed by atoms with Crippen molar-refractivity contribution < 1.29 is 19.1 Å². The van der Waals surface area contributed by atoms with Crippen LogP contribution in [0.2, 0.25) is 0 Å². The van der Waals surface area contributed by atoms with E-state index in [0.29, 0.717) is 34.9 Å². The fourth-order valence-electron chi connectivity index (χ4n) is 2.06. The number of carbonyl (C=O) groups excluding carboxylic acids is 1. The van der Waals surface area contributed by atoms with Crippen molar-refractivity contribution in [3.8, 4) is 11.5 Å². The molecule has 0 saturated carbocycles. The molecule has 124 valence electrons. The molecule has 0 atom stereocenters. The summed E-state index contributed by atoms with van der Waals surface area (Å²) in [6.07, 6.45) is 1.63. The predicted molar refractivity (Wildman–Crippen MR) is 86.8 cm³/mol. The van der Waals surface area contributed by atoms with Crippen molar-refractivity contribution in [3.63, 3.8) is 0 Å². The van der Waals surface area contributed by atoms with Crippen LogP contribution in [-0.2, 0) is 9.63 Å². The van der Waals surface area contributed by atoms with E-state index in [1.165, 1.54) is 0 Å². The second kappa shape index (κ2) is 7.64. The van der Waals surface area contributed by atoms with E-state index in [4.69, 9.17) is 14.3 Å². The number of hydrogen-bond acceptors (Lipinski definition) is 7. The second-order valence-corrected chi connectivity index (χ2v) is 5.20. The number of nitrogens with one attached hydrogen (secondary N) is 1. The van der Waals surface area contributed by atoms with Crippen molar-refractivity contribution in [2.45, 2.75) is 0 Å². The van der Waals surface area contributed by atoms with Gasteiger partial charge in [-0.2, -0.15) is 0 Å². The Morgan fingerprint density at radius 2 is 2.00 bits per heavy atom. The summed E-state index contributed by atoms with van der Waals surface area (Å²) in [4.78, 5) is 18.7. The van der Waals surface area contributed by atoms with Crippen LogP contribution in [0.4, 0.5) is 0 Å².